The number of hydrogen-bond acceptors (Lipinski definition) is 3. The zero-order chi connectivity index (χ0) is 16.6. The first-order valence-electron chi connectivity index (χ1n) is 7.66. The number of nitrogens with zero attached hydrogens (tertiary/aromatic N) is 4. The molecule has 0 bridgehead atoms. The van der Waals surface area contributed by atoms with Gasteiger partial charge in [-0.3, -0.25) is 18.7 Å². The molecule has 0 unspecified atom stereocenters. The molecule has 0 radical (unpaired) electrons. The molecule has 1 aliphatic rings. The number of amides is 2. The van der Waals surface area contributed by atoms with Crippen LogP contribution in [0.5, 0.6) is 0 Å². The standard InChI is InChI=1S/C16H20N4O3/c1-12(21)18-7-9-19(10-8-18)15(22)11-20-14-6-4-3-5-13(14)17(2)16(20)23/h3-6H,7-11H2,1-2H3. The van der Waals surface area contributed by atoms with Crippen LogP contribution in [0.25, 0.3) is 11.0 Å². The number of piperazine rings is 1. The number of benzene rings is 1. The Morgan fingerprint density at radius 3 is 2.17 bits per heavy atom. The fourth-order valence-electron chi connectivity index (χ4n) is 3.02. The monoisotopic (exact) mass is 316 g/mol. The van der Waals surface area contributed by atoms with Gasteiger partial charge >= 0.3 is 5.69 Å². The molecule has 7 nitrogen and oxygen atoms in total. The Labute approximate surface area is 133 Å². The van der Waals surface area contributed by atoms with Crippen LogP contribution in [-0.4, -0.2) is 56.9 Å². The van der Waals surface area contributed by atoms with Crippen molar-refractivity contribution in [2.45, 2.75) is 13.5 Å². The second kappa shape index (κ2) is 5.91. The van der Waals surface area contributed by atoms with E-state index in [2.05, 4.69) is 0 Å². The fourth-order valence-corrected chi connectivity index (χ4v) is 3.02. The van der Waals surface area contributed by atoms with Gasteiger partial charge < -0.3 is 9.80 Å². The van der Waals surface area contributed by atoms with Crippen LogP contribution in [0.4, 0.5) is 0 Å². The van der Waals surface area contributed by atoms with E-state index in [-0.39, 0.29) is 24.0 Å². The van der Waals surface area contributed by atoms with Crippen LogP contribution in [0.15, 0.2) is 29.1 Å². The maximum absolute atomic E-state index is 12.5. The topological polar surface area (TPSA) is 67.6 Å². The number of rotatable bonds is 2. The Morgan fingerprint density at radius 1 is 1.00 bits per heavy atom. The van der Waals surface area contributed by atoms with Crippen molar-refractivity contribution < 1.29 is 9.59 Å². The number of carbonyl (C=O) groups excluding carboxylic acids is 2. The number of hydrogen-bond donors (Lipinski definition) is 0. The summed E-state index contributed by atoms with van der Waals surface area (Å²) < 4.78 is 3.06. The molecule has 7 heteroatoms. The second-order valence-electron chi connectivity index (χ2n) is 5.80. The van der Waals surface area contributed by atoms with Crippen molar-refractivity contribution in [1.82, 2.24) is 18.9 Å². The summed E-state index contributed by atoms with van der Waals surface area (Å²) in [6.07, 6.45) is 0. The molecule has 2 heterocycles. The molecule has 2 amide bonds. The predicted octanol–water partition coefficient (Wildman–Crippen LogP) is 0.0307. The molecule has 1 aromatic heterocycles. The van der Waals surface area contributed by atoms with E-state index in [1.165, 1.54) is 11.5 Å². The van der Waals surface area contributed by atoms with Gasteiger partial charge in [-0.15, -0.1) is 0 Å². The van der Waals surface area contributed by atoms with E-state index in [0.717, 1.165) is 11.0 Å². The summed E-state index contributed by atoms with van der Waals surface area (Å²) in [5.41, 5.74) is 1.38. The van der Waals surface area contributed by atoms with E-state index in [0.29, 0.717) is 26.2 Å². The molecule has 3 rings (SSSR count). The van der Waals surface area contributed by atoms with Gasteiger partial charge in [0.25, 0.3) is 0 Å². The van der Waals surface area contributed by atoms with Crippen molar-refractivity contribution >= 4 is 22.8 Å². The van der Waals surface area contributed by atoms with E-state index in [1.54, 1.807) is 21.4 Å². The molecule has 0 N–H and O–H groups in total. The van der Waals surface area contributed by atoms with Crippen LogP contribution < -0.4 is 5.69 Å². The largest absolute Gasteiger partial charge is 0.339 e. The summed E-state index contributed by atoms with van der Waals surface area (Å²) in [4.78, 5) is 39.6. The molecule has 1 aliphatic heterocycles. The molecule has 1 fully saturated rings. The minimum atomic E-state index is -0.193. The Hall–Kier alpha value is -2.57. The molecule has 0 spiro atoms. The molecule has 2 aromatic rings. The molecule has 122 valence electrons. The zero-order valence-electron chi connectivity index (χ0n) is 13.4. The van der Waals surface area contributed by atoms with E-state index < -0.39 is 0 Å². The predicted molar refractivity (Wildman–Crippen MR) is 86.0 cm³/mol. The zero-order valence-corrected chi connectivity index (χ0v) is 13.4. The van der Waals surface area contributed by atoms with Gasteiger partial charge in [0.05, 0.1) is 11.0 Å². The average Bonchev–Trinajstić information content (AvgIpc) is 2.80. The van der Waals surface area contributed by atoms with Gasteiger partial charge in [-0.25, -0.2) is 4.79 Å². The van der Waals surface area contributed by atoms with Crippen LogP contribution in [0.1, 0.15) is 6.92 Å². The first-order valence-corrected chi connectivity index (χ1v) is 7.66. The number of fused-ring (bicyclic) bond motifs is 1. The van der Waals surface area contributed by atoms with Gasteiger partial charge in [-0.1, -0.05) is 12.1 Å². The van der Waals surface area contributed by atoms with Crippen LogP contribution >= 0.6 is 0 Å². The number of para-hydroxylation sites is 2. The van der Waals surface area contributed by atoms with Gasteiger partial charge in [0.1, 0.15) is 6.54 Å². The first kappa shape index (κ1) is 15.3. The molecular weight excluding hydrogens is 296 g/mol. The first-order chi connectivity index (χ1) is 11.0. The lowest BCUT2D eigenvalue weighted by atomic mass is 10.3. The van der Waals surface area contributed by atoms with Crippen molar-refractivity contribution in [2.75, 3.05) is 26.2 Å². The lowest BCUT2D eigenvalue weighted by molar-refractivity contribution is -0.138. The number of aryl methyl sites for hydroxylation is 1. The van der Waals surface area contributed by atoms with Crippen molar-refractivity contribution in [3.63, 3.8) is 0 Å². The summed E-state index contributed by atoms with van der Waals surface area (Å²) in [5.74, 6) is -0.0611. The molecule has 0 saturated carbocycles. The van der Waals surface area contributed by atoms with Crippen molar-refractivity contribution in [2.24, 2.45) is 7.05 Å². The molecular formula is C16H20N4O3. The summed E-state index contributed by atoms with van der Waals surface area (Å²) in [6.45, 7) is 3.68. The summed E-state index contributed by atoms with van der Waals surface area (Å²) in [7, 11) is 1.71. The molecule has 0 atom stereocenters. The van der Waals surface area contributed by atoms with Crippen molar-refractivity contribution in [1.29, 1.82) is 0 Å². The second-order valence-corrected chi connectivity index (χ2v) is 5.80. The number of aromatic nitrogens is 2. The van der Waals surface area contributed by atoms with E-state index in [9.17, 15) is 14.4 Å². The van der Waals surface area contributed by atoms with Crippen LogP contribution in [0, 0.1) is 0 Å². The molecule has 1 aromatic carbocycles. The third-order valence-corrected chi connectivity index (χ3v) is 4.42. The Kier molecular flexibility index (Phi) is 3.94. The highest BCUT2D eigenvalue weighted by Crippen LogP contribution is 2.12. The smallest absolute Gasteiger partial charge is 0.329 e. The minimum Gasteiger partial charge on any atom is -0.339 e. The Bertz CT molecular complexity index is 812. The third-order valence-electron chi connectivity index (χ3n) is 4.42. The van der Waals surface area contributed by atoms with Crippen LogP contribution in [0.3, 0.4) is 0 Å². The molecule has 1 saturated heterocycles. The van der Waals surface area contributed by atoms with Gasteiger partial charge in [0.15, 0.2) is 0 Å². The van der Waals surface area contributed by atoms with E-state index in [1.807, 2.05) is 24.3 Å². The van der Waals surface area contributed by atoms with Crippen LogP contribution in [-0.2, 0) is 23.2 Å². The van der Waals surface area contributed by atoms with E-state index >= 15 is 0 Å². The summed E-state index contributed by atoms with van der Waals surface area (Å²) >= 11 is 0. The highest BCUT2D eigenvalue weighted by molar-refractivity contribution is 5.81. The maximum Gasteiger partial charge on any atom is 0.329 e. The Balaban J connectivity index is 1.78. The van der Waals surface area contributed by atoms with Crippen molar-refractivity contribution in [3.8, 4) is 0 Å². The normalized spacial score (nSPS) is 15.2. The van der Waals surface area contributed by atoms with Gasteiger partial charge in [-0.2, -0.15) is 0 Å². The lowest BCUT2D eigenvalue weighted by Crippen LogP contribution is -2.51. The van der Waals surface area contributed by atoms with Crippen LogP contribution in [0.2, 0.25) is 0 Å². The minimum absolute atomic E-state index is 0.0280. The fraction of sp³-hybridized carbons (Fsp3) is 0.438. The maximum atomic E-state index is 12.5. The van der Waals surface area contributed by atoms with Gasteiger partial charge in [0, 0.05) is 40.2 Å². The summed E-state index contributed by atoms with van der Waals surface area (Å²) in [5, 5.41) is 0. The van der Waals surface area contributed by atoms with Gasteiger partial charge in [0.2, 0.25) is 11.8 Å². The number of carbonyl (C=O) groups is 2. The van der Waals surface area contributed by atoms with Crippen molar-refractivity contribution in [3.05, 3.63) is 34.7 Å². The molecule has 23 heavy (non-hydrogen) atoms. The highest BCUT2D eigenvalue weighted by Gasteiger charge is 2.23. The molecule has 0 aliphatic carbocycles. The highest BCUT2D eigenvalue weighted by atomic mass is 16.2. The lowest BCUT2D eigenvalue weighted by Gasteiger charge is -2.34. The van der Waals surface area contributed by atoms with E-state index in [4.69, 9.17) is 0 Å². The Morgan fingerprint density at radius 2 is 1.57 bits per heavy atom. The van der Waals surface area contributed by atoms with Gasteiger partial charge in [-0.05, 0) is 12.1 Å². The average molecular weight is 316 g/mol. The SMILES string of the molecule is CC(=O)N1CCN(C(=O)Cn2c(=O)n(C)c3ccccc32)CC1. The third kappa shape index (κ3) is 2.74. The number of imidazole rings is 1. The summed E-state index contributed by atoms with van der Waals surface area (Å²) in [6, 6.07) is 7.43. The quantitative estimate of drug-likeness (QED) is 0.785.